The first-order valence-electron chi connectivity index (χ1n) is 34.6. The van der Waals surface area contributed by atoms with Crippen LogP contribution in [0.1, 0.15) is 250 Å². The number of hydrogen-bond donors (Lipinski definition) is 9. The molecule has 0 aliphatic heterocycles. The van der Waals surface area contributed by atoms with Crippen LogP contribution >= 0.6 is 56.5 Å². The molecule has 0 aromatic heterocycles. The Labute approximate surface area is 656 Å². The molecule has 596 valence electrons. The normalized spacial score (nSPS) is 17.6. The first kappa shape index (κ1) is 105. The third kappa shape index (κ3) is 74.4. The molecule has 3 aliphatic rings. The van der Waals surface area contributed by atoms with Crippen molar-refractivity contribution in [3.63, 3.8) is 0 Å². The van der Waals surface area contributed by atoms with Crippen LogP contribution in [0, 0.1) is 48.4 Å². The van der Waals surface area contributed by atoms with E-state index in [2.05, 4.69) is 87.3 Å². The molecule has 0 saturated heterocycles. The zero-order chi connectivity index (χ0) is 77.6. The zero-order valence-corrected chi connectivity index (χ0v) is 72.9. The van der Waals surface area contributed by atoms with Crippen LogP contribution in [-0.4, -0.2) is 94.2 Å². The van der Waals surface area contributed by atoms with E-state index in [1.807, 2.05) is 52.0 Å². The van der Waals surface area contributed by atoms with Crippen molar-refractivity contribution in [2.75, 3.05) is 23.7 Å². The fraction of sp³-hybridized carbons (Fsp3) is 0.704. The van der Waals surface area contributed by atoms with Crippen LogP contribution in [-0.2, 0) is 63.7 Å². The van der Waals surface area contributed by atoms with E-state index in [0.717, 1.165) is 109 Å². The number of amides is 6. The van der Waals surface area contributed by atoms with Gasteiger partial charge in [0.1, 0.15) is 0 Å². The molecule has 30 heteroatoms. The maximum absolute atomic E-state index is 11.9. The second kappa shape index (κ2) is 67.1. The van der Waals surface area contributed by atoms with Crippen molar-refractivity contribution in [3.8, 4) is 0 Å². The van der Waals surface area contributed by atoms with E-state index >= 15 is 0 Å². The van der Waals surface area contributed by atoms with Gasteiger partial charge < -0.3 is 68.0 Å². The fourth-order valence-corrected chi connectivity index (χ4v) is 11.3. The number of nitrogens with one attached hydrogen (secondary N) is 9. The molecule has 0 radical (unpaired) electrons. The molecular weight excluding hydrogens is 1970 g/mol. The number of halogens is 6. The number of ether oxygens (including phenoxy) is 3. The minimum atomic E-state index is -1.04. The van der Waals surface area contributed by atoms with Crippen molar-refractivity contribution in [1.29, 1.82) is 0 Å². The van der Waals surface area contributed by atoms with Crippen molar-refractivity contribution in [3.05, 3.63) is 97.7 Å². The van der Waals surface area contributed by atoms with Crippen LogP contribution < -0.4 is 31.9 Å². The summed E-state index contributed by atoms with van der Waals surface area (Å²) < 4.78 is 15.4. The van der Waals surface area contributed by atoms with E-state index in [9.17, 15) is 28.8 Å². The Morgan fingerprint density at radius 3 is 1.06 bits per heavy atom. The molecule has 21 nitrogen and oxygen atoms in total. The number of carbonyl (C=O) groups is 6. The van der Waals surface area contributed by atoms with Gasteiger partial charge in [0, 0.05) is 35.5 Å². The molecule has 101 heavy (non-hydrogen) atoms. The van der Waals surface area contributed by atoms with Crippen LogP contribution in [0.2, 0.25) is 0 Å². The second-order valence-corrected chi connectivity index (χ2v) is 38.1. The van der Waals surface area contributed by atoms with Gasteiger partial charge in [0.2, 0.25) is 0 Å². The third-order valence-corrected chi connectivity index (χ3v) is 15.0. The predicted octanol–water partition coefficient (Wildman–Crippen LogP) is 24.5. The van der Waals surface area contributed by atoms with E-state index in [1.54, 1.807) is 49.6 Å². The van der Waals surface area contributed by atoms with Crippen LogP contribution in [0.25, 0.3) is 17.2 Å². The summed E-state index contributed by atoms with van der Waals surface area (Å²) in [5.41, 5.74) is 24.6. The number of rotatable bonds is 26. The number of carbonyl (C=O) groups excluding carboxylic acids is 3. The van der Waals surface area contributed by atoms with Crippen LogP contribution in [0.3, 0.4) is 0 Å². The minimum absolute atomic E-state index is 0.0697. The molecule has 2 aromatic rings. The fourth-order valence-electron chi connectivity index (χ4n) is 11.3. The van der Waals surface area contributed by atoms with Crippen molar-refractivity contribution < 1.29 is 108 Å². The van der Waals surface area contributed by atoms with E-state index in [4.69, 9.17) is 103 Å². The van der Waals surface area contributed by atoms with Crippen molar-refractivity contribution in [2.24, 2.45) is 28.6 Å². The Morgan fingerprint density at radius 1 is 0.426 bits per heavy atom. The molecular formula is C71H123Cl6N9O12Pt3. The number of unbranched alkanes of at least 4 members (excludes halogenated alkanes) is 10. The van der Waals surface area contributed by atoms with E-state index in [-0.39, 0.29) is 63.9 Å². The second-order valence-electron chi connectivity index (χ2n) is 28.2. The van der Waals surface area contributed by atoms with Gasteiger partial charge >= 0.3 is 143 Å². The van der Waals surface area contributed by atoms with Crippen molar-refractivity contribution in [2.45, 2.75) is 279 Å². The first-order valence-corrected chi connectivity index (χ1v) is 51.5. The average molecular weight is 2090 g/mol. The topological polar surface area (TPSA) is 334 Å². The quantitative estimate of drug-likeness (QED) is 0.0241. The maximum atomic E-state index is 11.9. The summed E-state index contributed by atoms with van der Waals surface area (Å²) in [6.07, 6.45) is 24.3. The zero-order valence-electron chi connectivity index (χ0n) is 61.5. The summed E-state index contributed by atoms with van der Waals surface area (Å²) >= 11 is -1.42. The molecule has 3 fully saturated rings. The number of para-hydroxylation sites is 2. The van der Waals surface area contributed by atoms with E-state index in [1.165, 1.54) is 64.4 Å². The van der Waals surface area contributed by atoms with Crippen LogP contribution in [0.5, 0.6) is 0 Å². The maximum Gasteiger partial charge on any atom is 0.379 e. The Bertz CT molecular complexity index is 2350. The number of hydrogen-bond acceptors (Lipinski definition) is 9. The predicted molar refractivity (Wildman–Crippen MR) is 407 cm³/mol. The number of benzene rings is 2. The molecule has 0 heterocycles. The Kier molecular flexibility index (Phi) is 69.8. The van der Waals surface area contributed by atoms with Crippen LogP contribution in [0.4, 0.5) is 40.1 Å². The Balaban J connectivity index is -0.000000553. The standard InChI is InChI=1S/2C16H30N2O2.C14H18N2O2.2C9H19NO2.C7H7NO2.6ClH.3Pt/c1-15(2,3)11-16(4,5)18-14(19)20-10-12-8-6-7-9-13(12)17;1-2-3-4-5-6-9-12-18-16(19)20-13-14-10-7-8-11-15(14)17;15-13-9-5-4-6-11(13)10-18-14(17)16-12-7-2-1-3-8-12;1-8(2,3)6-9(4,5)10-7(11)12;1-2-3-4-5-6-7-8-10-9(11)12;9-7(10)8-6-4-2-1-3-5-6;;;;;;;;;/h10,12-13,17H,6-9,11H2,1-5H3,(H,18,19);13-15,17H,2-12H2,1H3,(H,18,19);1-3,7-8,10-11,13,15H,4-6,9H2,(H,16,17);10H,6H2,1-5H3,(H,11,12);10H,2-8H2,1H3,(H,11,12);1-5,8H,(H,9,10);6*1H;;;/q3*-2;;;;;;;;;;3*+4/p-6/t12-,13+;14-,15+;11-,13+;;;;;;;;;;;;/m000............/s1. The molecule has 5 rings (SSSR count). The molecule has 0 spiro atoms. The Hall–Kier alpha value is -2.26. The molecule has 12 N–H and O–H groups in total. The average Bonchev–Trinajstić information content (AvgIpc) is 0.892. The van der Waals surface area contributed by atoms with Gasteiger partial charge in [-0.05, 0) is 88.5 Å². The molecule has 3 saturated carbocycles. The van der Waals surface area contributed by atoms with Gasteiger partial charge in [-0.15, -0.1) is 0 Å². The summed E-state index contributed by atoms with van der Waals surface area (Å²) in [6.45, 7) is 30.9. The van der Waals surface area contributed by atoms with E-state index in [0.29, 0.717) is 24.5 Å². The number of anilines is 2. The summed E-state index contributed by atoms with van der Waals surface area (Å²) in [6, 6.07) is 17.6. The summed E-state index contributed by atoms with van der Waals surface area (Å²) in [4.78, 5) is 65.4. The van der Waals surface area contributed by atoms with Crippen LogP contribution in [0.15, 0.2) is 60.7 Å². The van der Waals surface area contributed by atoms with Gasteiger partial charge in [0.05, 0.1) is 0 Å². The molecule has 6 amide bonds. The summed E-state index contributed by atoms with van der Waals surface area (Å²) in [5.74, 6) is 0.268. The first-order chi connectivity index (χ1) is 47.5. The number of carboxylic acid groups (broad SMARTS) is 3. The van der Waals surface area contributed by atoms with Gasteiger partial charge in [0.15, 0.2) is 0 Å². The van der Waals surface area contributed by atoms with Gasteiger partial charge in [-0.1, -0.05) is 233 Å². The third-order valence-electron chi connectivity index (χ3n) is 15.0. The largest absolute Gasteiger partial charge is 0.676 e. The number of alkyl carbamates (subject to hydrolysis) is 2. The van der Waals surface area contributed by atoms with Gasteiger partial charge in [0.25, 0.3) is 0 Å². The molecule has 0 unspecified atom stereocenters. The summed E-state index contributed by atoms with van der Waals surface area (Å²) in [7, 11) is 29.2. The van der Waals surface area contributed by atoms with Gasteiger partial charge in [-0.3, -0.25) is 10.6 Å². The molecule has 6 atom stereocenters. The minimum Gasteiger partial charge on any atom is -0.676 e. The molecule has 2 aromatic carbocycles. The Morgan fingerprint density at radius 2 is 0.733 bits per heavy atom. The van der Waals surface area contributed by atoms with Crippen molar-refractivity contribution >= 4 is 104 Å². The van der Waals surface area contributed by atoms with Gasteiger partial charge in [-0.2, -0.15) is 55.7 Å². The SMILES string of the molecule is CC(C)(C)CC(C)(C)NC(=O)O.CC(C)(C)CC(C)(C)NC(=O)O[CH-][C@@H]1CCCC[C@H]1[NH-].CCCCCCCCNC(=O)O.CCCCCCCCNC(=O)O[CH-][C@@H]1CCCC[C@H]1[NH-].O=C(O)Nc1ccccc1.[Cl][Pt+2][Cl].[Cl][Pt+2][Cl].[Cl][Pt+2][Cl].[NH-][C@@H]1CCCC[C@H]1[CH-]OC(=O)Nc1ccccc1. The van der Waals surface area contributed by atoms with Crippen molar-refractivity contribution in [1.82, 2.24) is 21.3 Å². The van der Waals surface area contributed by atoms with E-state index < -0.39 is 79.9 Å². The molecule has 3 aliphatic carbocycles. The smallest absolute Gasteiger partial charge is 0.379 e. The molecule has 0 bridgehead atoms. The van der Waals surface area contributed by atoms with Gasteiger partial charge in [-0.25, -0.2) is 28.8 Å². The monoisotopic (exact) mass is 2090 g/mol. The summed E-state index contributed by atoms with van der Waals surface area (Å²) in [5, 5.41) is 40.4.